The number of benzene rings is 1. The number of ether oxygens (including phenoxy) is 1. The van der Waals surface area contributed by atoms with Crippen LogP contribution in [-0.4, -0.2) is 42.7 Å². The van der Waals surface area contributed by atoms with Gasteiger partial charge in [-0.3, -0.25) is 9.89 Å². The zero-order valence-electron chi connectivity index (χ0n) is 12.3. The van der Waals surface area contributed by atoms with Gasteiger partial charge in [0.1, 0.15) is 18.4 Å². The predicted octanol–water partition coefficient (Wildman–Crippen LogP) is -1.85. The molecule has 2 heterocycles. The number of hydrogen-bond acceptors (Lipinski definition) is 2. The number of rotatable bonds is 1. The molecule has 0 radical (unpaired) electrons. The minimum atomic E-state index is 0. The van der Waals surface area contributed by atoms with Crippen molar-refractivity contribution < 1.29 is 21.7 Å². The standard InChI is InChI=1S/C15H16N4O.ClH/c1-18(2)15-14-12(9-16)11-8-10(20-3)4-5-13(11)19(14)7-6-17-15;/h4-5,8H,6-7H2,1-3H3;1H. The van der Waals surface area contributed by atoms with Crippen LogP contribution in [0.4, 0.5) is 0 Å². The van der Waals surface area contributed by atoms with Crippen molar-refractivity contribution in [3.63, 3.8) is 0 Å². The zero-order valence-corrected chi connectivity index (χ0v) is 13.0. The van der Waals surface area contributed by atoms with Gasteiger partial charge in [0.25, 0.3) is 5.84 Å². The molecule has 21 heavy (non-hydrogen) atoms. The third-order valence-corrected chi connectivity index (χ3v) is 3.68. The molecule has 1 aliphatic rings. The second-order valence-corrected chi connectivity index (χ2v) is 5.04. The Balaban J connectivity index is 0.00000161. The van der Waals surface area contributed by atoms with Crippen molar-refractivity contribution in [3.05, 3.63) is 29.5 Å². The molecule has 1 aromatic carbocycles. The summed E-state index contributed by atoms with van der Waals surface area (Å²) in [5.74, 6) is 1.76. The molecule has 0 aliphatic carbocycles. The number of methoxy groups -OCH3 is 1. The molecule has 1 N–H and O–H groups in total. The summed E-state index contributed by atoms with van der Waals surface area (Å²) >= 11 is 0. The number of hydrogen-bond donors (Lipinski definition) is 1. The van der Waals surface area contributed by atoms with Gasteiger partial charge in [0, 0.05) is 5.39 Å². The largest absolute Gasteiger partial charge is 1.00 e. The molecule has 110 valence electrons. The molecular weight excluding hydrogens is 288 g/mol. The molecule has 0 spiro atoms. The smallest absolute Gasteiger partial charge is 0.295 e. The van der Waals surface area contributed by atoms with Crippen LogP contribution in [0.15, 0.2) is 18.2 Å². The van der Waals surface area contributed by atoms with E-state index in [1.54, 1.807) is 7.11 Å². The molecule has 0 atom stereocenters. The fourth-order valence-corrected chi connectivity index (χ4v) is 2.79. The Bertz CT molecular complexity index is 766. The van der Waals surface area contributed by atoms with Gasteiger partial charge >= 0.3 is 0 Å². The minimum absolute atomic E-state index is 0. The van der Waals surface area contributed by atoms with E-state index >= 15 is 0 Å². The van der Waals surface area contributed by atoms with Gasteiger partial charge in [-0.15, -0.1) is 0 Å². The van der Waals surface area contributed by atoms with E-state index in [9.17, 15) is 5.26 Å². The lowest BCUT2D eigenvalue weighted by molar-refractivity contribution is -0.466. The second-order valence-electron chi connectivity index (χ2n) is 5.04. The van der Waals surface area contributed by atoms with Crippen molar-refractivity contribution in [1.82, 2.24) is 9.88 Å². The molecule has 0 unspecified atom stereocenters. The van der Waals surface area contributed by atoms with E-state index in [0.717, 1.165) is 41.3 Å². The summed E-state index contributed by atoms with van der Waals surface area (Å²) in [5.41, 5.74) is 2.75. The Morgan fingerprint density at radius 3 is 2.76 bits per heavy atom. The lowest BCUT2D eigenvalue weighted by Crippen LogP contribution is -3.00. The van der Waals surface area contributed by atoms with Gasteiger partial charge in [0.2, 0.25) is 0 Å². The van der Waals surface area contributed by atoms with Crippen LogP contribution >= 0.6 is 0 Å². The van der Waals surface area contributed by atoms with Gasteiger partial charge in [-0.05, 0) is 18.2 Å². The topological polar surface area (TPSA) is 53.0 Å². The number of aromatic nitrogens is 1. The van der Waals surface area contributed by atoms with E-state index in [-0.39, 0.29) is 12.4 Å². The molecule has 2 aromatic rings. The Hall–Kier alpha value is -2.19. The summed E-state index contributed by atoms with van der Waals surface area (Å²) in [4.78, 5) is 0. The SMILES string of the molecule is COc1ccc2c(c1)c(C#N)c1n2CCNC1=[N+](C)C.[Cl-]. The maximum absolute atomic E-state index is 9.58. The molecule has 0 bridgehead atoms. The van der Waals surface area contributed by atoms with Crippen LogP contribution in [0.5, 0.6) is 5.75 Å². The lowest BCUT2D eigenvalue weighted by atomic mass is 10.1. The van der Waals surface area contributed by atoms with E-state index in [0.29, 0.717) is 5.56 Å². The summed E-state index contributed by atoms with van der Waals surface area (Å²) in [5, 5.41) is 13.9. The molecule has 1 aliphatic heterocycles. The first kappa shape index (κ1) is 15.2. The van der Waals surface area contributed by atoms with Crippen LogP contribution in [0.3, 0.4) is 0 Å². The zero-order chi connectivity index (χ0) is 14.3. The maximum atomic E-state index is 9.58. The highest BCUT2D eigenvalue weighted by Gasteiger charge is 2.29. The van der Waals surface area contributed by atoms with Gasteiger partial charge in [-0.2, -0.15) is 5.26 Å². The highest BCUT2D eigenvalue weighted by atomic mass is 35.5. The van der Waals surface area contributed by atoms with Gasteiger partial charge < -0.3 is 21.7 Å². The Morgan fingerprint density at radius 2 is 2.14 bits per heavy atom. The fraction of sp³-hybridized carbons (Fsp3) is 0.333. The summed E-state index contributed by atoms with van der Waals surface area (Å²) in [6.07, 6.45) is 0. The maximum Gasteiger partial charge on any atom is 0.295 e. The average Bonchev–Trinajstić information content (AvgIpc) is 2.79. The summed E-state index contributed by atoms with van der Waals surface area (Å²) in [6.45, 7) is 1.72. The van der Waals surface area contributed by atoms with Crippen molar-refractivity contribution in [2.24, 2.45) is 0 Å². The average molecular weight is 305 g/mol. The normalized spacial score (nSPS) is 13.0. The minimum Gasteiger partial charge on any atom is -1.00 e. The van der Waals surface area contributed by atoms with Crippen molar-refractivity contribution in [2.75, 3.05) is 27.7 Å². The van der Waals surface area contributed by atoms with Gasteiger partial charge in [-0.25, -0.2) is 0 Å². The predicted molar refractivity (Wildman–Crippen MR) is 77.4 cm³/mol. The van der Waals surface area contributed by atoms with Gasteiger partial charge in [-0.1, -0.05) is 0 Å². The monoisotopic (exact) mass is 304 g/mol. The van der Waals surface area contributed by atoms with E-state index in [4.69, 9.17) is 4.74 Å². The van der Waals surface area contributed by atoms with Crippen molar-refractivity contribution in [2.45, 2.75) is 6.54 Å². The number of nitriles is 1. The Kier molecular flexibility index (Phi) is 4.10. The summed E-state index contributed by atoms with van der Waals surface area (Å²) in [6, 6.07) is 8.25. The molecule has 5 nitrogen and oxygen atoms in total. The van der Waals surface area contributed by atoms with Crippen LogP contribution in [0, 0.1) is 11.3 Å². The number of nitrogens with one attached hydrogen (secondary N) is 1. The van der Waals surface area contributed by atoms with Gasteiger partial charge in [0.15, 0.2) is 5.69 Å². The summed E-state index contributed by atoms with van der Waals surface area (Å²) < 4.78 is 9.50. The van der Waals surface area contributed by atoms with E-state index in [1.165, 1.54) is 0 Å². The molecule has 0 saturated heterocycles. The highest BCUT2D eigenvalue weighted by Crippen LogP contribution is 2.30. The molecule has 1 aromatic heterocycles. The van der Waals surface area contributed by atoms with Crippen LogP contribution < -0.4 is 22.5 Å². The molecule has 3 rings (SSSR count). The Morgan fingerprint density at radius 1 is 1.38 bits per heavy atom. The van der Waals surface area contributed by atoms with Crippen molar-refractivity contribution in [3.8, 4) is 11.8 Å². The first-order chi connectivity index (χ1) is 9.67. The van der Waals surface area contributed by atoms with Crippen LogP contribution in [0.25, 0.3) is 10.9 Å². The van der Waals surface area contributed by atoms with Gasteiger partial charge in [0.05, 0.1) is 38.8 Å². The van der Waals surface area contributed by atoms with Crippen LogP contribution in [0.2, 0.25) is 0 Å². The fourth-order valence-electron chi connectivity index (χ4n) is 2.79. The highest BCUT2D eigenvalue weighted by molar-refractivity contribution is 6.04. The van der Waals surface area contributed by atoms with E-state index < -0.39 is 0 Å². The van der Waals surface area contributed by atoms with Crippen LogP contribution in [0.1, 0.15) is 11.3 Å². The van der Waals surface area contributed by atoms with Crippen molar-refractivity contribution in [1.29, 1.82) is 5.26 Å². The van der Waals surface area contributed by atoms with Crippen LogP contribution in [-0.2, 0) is 6.54 Å². The molecule has 0 fully saturated rings. The number of amidine groups is 1. The summed E-state index contributed by atoms with van der Waals surface area (Å²) in [7, 11) is 5.61. The Labute approximate surface area is 129 Å². The van der Waals surface area contributed by atoms with Crippen molar-refractivity contribution >= 4 is 16.7 Å². The second kappa shape index (κ2) is 5.66. The molecule has 0 saturated carbocycles. The number of nitrogens with zero attached hydrogens (tertiary/aromatic N) is 3. The first-order valence-electron chi connectivity index (χ1n) is 6.56. The molecule has 0 amide bonds. The molecular formula is C15H17ClN4O. The third-order valence-electron chi connectivity index (χ3n) is 3.68. The lowest BCUT2D eigenvalue weighted by Gasteiger charge is -2.16. The van der Waals surface area contributed by atoms with E-state index in [1.807, 2.05) is 36.9 Å². The number of halogens is 1. The first-order valence-corrected chi connectivity index (χ1v) is 6.56. The molecule has 6 heteroatoms. The quantitative estimate of drug-likeness (QED) is 0.629. The van der Waals surface area contributed by atoms with E-state index in [2.05, 4.69) is 16.0 Å². The number of fused-ring (bicyclic) bond motifs is 3. The third kappa shape index (κ3) is 2.22.